The van der Waals surface area contributed by atoms with Gasteiger partial charge in [-0.1, -0.05) is 0 Å². The molecule has 29 heavy (non-hydrogen) atoms. The van der Waals surface area contributed by atoms with E-state index in [1.165, 1.54) is 6.39 Å². The van der Waals surface area contributed by atoms with Crippen LogP contribution < -0.4 is 20.3 Å². The van der Waals surface area contributed by atoms with Crippen molar-refractivity contribution in [1.29, 1.82) is 0 Å². The maximum absolute atomic E-state index is 5.52. The van der Waals surface area contributed by atoms with E-state index in [1.54, 1.807) is 20.4 Å². The van der Waals surface area contributed by atoms with Gasteiger partial charge in [-0.05, 0) is 19.2 Å². The Kier molecular flexibility index (Phi) is 5.43. The van der Waals surface area contributed by atoms with Crippen LogP contribution in [-0.4, -0.2) is 72.2 Å². The number of likely N-dealkylation sites (N-methyl/N-ethyl adjacent to an activating group) is 1. The molecule has 10 nitrogen and oxygen atoms in total. The summed E-state index contributed by atoms with van der Waals surface area (Å²) >= 11 is 0. The molecular formula is C19H24N8O2. The standard InChI is InChI=1S/C19H24N8O2/c1-20-17-23-18(25-19(24-17)27-8-6-26(2)7-9-27)22-13-4-5-14(15(10-13)28-3)16-11-21-12-29-16/h4-5,10-12H,6-9H2,1-3H3,(H2,20,22,23,24,25). The Bertz CT molecular complexity index is 955. The Morgan fingerprint density at radius 2 is 1.86 bits per heavy atom. The number of ether oxygens (including phenoxy) is 1. The van der Waals surface area contributed by atoms with Crippen molar-refractivity contribution >= 4 is 23.5 Å². The second-order valence-corrected chi connectivity index (χ2v) is 6.73. The third-order valence-corrected chi connectivity index (χ3v) is 4.79. The summed E-state index contributed by atoms with van der Waals surface area (Å²) in [5.74, 6) is 2.94. The number of rotatable bonds is 6. The molecule has 0 unspecified atom stereocenters. The molecule has 1 saturated heterocycles. The van der Waals surface area contributed by atoms with Gasteiger partial charge in [-0.3, -0.25) is 0 Å². The maximum Gasteiger partial charge on any atom is 0.233 e. The van der Waals surface area contributed by atoms with E-state index in [-0.39, 0.29) is 0 Å². The summed E-state index contributed by atoms with van der Waals surface area (Å²) in [4.78, 5) is 22.0. The van der Waals surface area contributed by atoms with Gasteiger partial charge in [-0.25, -0.2) is 4.98 Å². The first kappa shape index (κ1) is 18.9. The lowest BCUT2D eigenvalue weighted by Crippen LogP contribution is -2.45. The van der Waals surface area contributed by atoms with Crippen molar-refractivity contribution in [2.45, 2.75) is 0 Å². The smallest absolute Gasteiger partial charge is 0.233 e. The molecule has 152 valence electrons. The Hall–Kier alpha value is -3.40. The van der Waals surface area contributed by atoms with Gasteiger partial charge in [0.25, 0.3) is 0 Å². The molecule has 0 amide bonds. The zero-order valence-corrected chi connectivity index (χ0v) is 16.7. The van der Waals surface area contributed by atoms with Crippen molar-refractivity contribution < 1.29 is 9.15 Å². The van der Waals surface area contributed by atoms with Crippen LogP contribution in [0.25, 0.3) is 11.3 Å². The fourth-order valence-electron chi connectivity index (χ4n) is 3.13. The normalized spacial score (nSPS) is 14.7. The van der Waals surface area contributed by atoms with Crippen molar-refractivity contribution in [3.8, 4) is 17.1 Å². The van der Waals surface area contributed by atoms with Gasteiger partial charge < -0.3 is 29.6 Å². The number of benzene rings is 1. The molecule has 3 heterocycles. The lowest BCUT2D eigenvalue weighted by Gasteiger charge is -2.32. The van der Waals surface area contributed by atoms with Gasteiger partial charge >= 0.3 is 0 Å². The maximum atomic E-state index is 5.52. The first-order valence-corrected chi connectivity index (χ1v) is 9.37. The quantitative estimate of drug-likeness (QED) is 0.643. The highest BCUT2D eigenvalue weighted by molar-refractivity contribution is 5.71. The minimum absolute atomic E-state index is 0.466. The molecule has 0 spiro atoms. The van der Waals surface area contributed by atoms with E-state index in [2.05, 4.69) is 47.4 Å². The first-order chi connectivity index (χ1) is 14.2. The van der Waals surface area contributed by atoms with Gasteiger partial charge in [-0.15, -0.1) is 0 Å². The van der Waals surface area contributed by atoms with E-state index in [0.717, 1.165) is 37.4 Å². The number of aromatic nitrogens is 4. The molecular weight excluding hydrogens is 372 g/mol. The highest BCUT2D eigenvalue weighted by atomic mass is 16.5. The molecule has 3 aromatic rings. The van der Waals surface area contributed by atoms with Crippen LogP contribution in [0.1, 0.15) is 0 Å². The fraction of sp³-hybridized carbons (Fsp3) is 0.368. The lowest BCUT2D eigenvalue weighted by molar-refractivity contribution is 0.311. The van der Waals surface area contributed by atoms with E-state index >= 15 is 0 Å². The van der Waals surface area contributed by atoms with E-state index in [4.69, 9.17) is 9.15 Å². The SMILES string of the molecule is CNc1nc(Nc2ccc(-c3cnco3)c(OC)c2)nc(N2CCN(C)CC2)n1. The van der Waals surface area contributed by atoms with Gasteiger partial charge in [0.05, 0.1) is 18.9 Å². The number of hydrogen-bond acceptors (Lipinski definition) is 10. The molecule has 2 N–H and O–H groups in total. The van der Waals surface area contributed by atoms with Gasteiger partial charge in [0.1, 0.15) is 5.75 Å². The van der Waals surface area contributed by atoms with Gasteiger partial charge in [0, 0.05) is 45.0 Å². The van der Waals surface area contributed by atoms with E-state index < -0.39 is 0 Å². The molecule has 2 aromatic heterocycles. The summed E-state index contributed by atoms with van der Waals surface area (Å²) in [7, 11) is 5.53. The number of methoxy groups -OCH3 is 1. The minimum atomic E-state index is 0.466. The zero-order valence-electron chi connectivity index (χ0n) is 16.7. The van der Waals surface area contributed by atoms with Crippen molar-refractivity contribution in [2.75, 3.05) is 62.9 Å². The van der Waals surface area contributed by atoms with Gasteiger partial charge in [0.15, 0.2) is 12.2 Å². The molecule has 0 aliphatic carbocycles. The number of nitrogens with zero attached hydrogens (tertiary/aromatic N) is 6. The van der Waals surface area contributed by atoms with Crippen molar-refractivity contribution in [3.05, 3.63) is 30.8 Å². The Labute approximate surface area is 169 Å². The van der Waals surface area contributed by atoms with Crippen LogP contribution in [0, 0.1) is 0 Å². The summed E-state index contributed by atoms with van der Waals surface area (Å²) in [6.07, 6.45) is 3.04. The van der Waals surface area contributed by atoms with Crippen molar-refractivity contribution in [1.82, 2.24) is 24.8 Å². The van der Waals surface area contributed by atoms with Crippen LogP contribution in [0.3, 0.4) is 0 Å². The summed E-state index contributed by atoms with van der Waals surface area (Å²) in [5, 5.41) is 6.26. The largest absolute Gasteiger partial charge is 0.496 e. The van der Waals surface area contributed by atoms with Gasteiger partial charge in [-0.2, -0.15) is 15.0 Å². The Balaban J connectivity index is 1.59. The van der Waals surface area contributed by atoms with Crippen LogP contribution in [0.2, 0.25) is 0 Å². The van der Waals surface area contributed by atoms with Crippen molar-refractivity contribution in [3.63, 3.8) is 0 Å². The molecule has 1 aromatic carbocycles. The van der Waals surface area contributed by atoms with E-state index in [0.29, 0.717) is 29.4 Å². The molecule has 0 saturated carbocycles. The third-order valence-electron chi connectivity index (χ3n) is 4.79. The summed E-state index contributed by atoms with van der Waals surface area (Å²) in [5.41, 5.74) is 1.61. The molecule has 4 rings (SSSR count). The fourth-order valence-corrected chi connectivity index (χ4v) is 3.13. The number of oxazole rings is 1. The number of piperazine rings is 1. The molecule has 0 bridgehead atoms. The monoisotopic (exact) mass is 396 g/mol. The van der Waals surface area contributed by atoms with E-state index in [9.17, 15) is 0 Å². The van der Waals surface area contributed by atoms with Crippen LogP contribution in [0.4, 0.5) is 23.5 Å². The second kappa shape index (κ2) is 8.31. The lowest BCUT2D eigenvalue weighted by atomic mass is 10.1. The van der Waals surface area contributed by atoms with Crippen LogP contribution in [0.15, 0.2) is 35.2 Å². The Morgan fingerprint density at radius 3 is 2.55 bits per heavy atom. The molecule has 1 aliphatic heterocycles. The highest BCUT2D eigenvalue weighted by Crippen LogP contribution is 2.33. The average Bonchev–Trinajstić information content (AvgIpc) is 3.28. The van der Waals surface area contributed by atoms with Crippen LogP contribution in [0.5, 0.6) is 5.75 Å². The van der Waals surface area contributed by atoms with Crippen LogP contribution in [-0.2, 0) is 0 Å². The molecule has 0 radical (unpaired) electrons. The number of hydrogen-bond donors (Lipinski definition) is 2. The third kappa shape index (κ3) is 4.21. The summed E-state index contributed by atoms with van der Waals surface area (Å²) in [6.45, 7) is 3.71. The predicted molar refractivity (Wildman–Crippen MR) is 111 cm³/mol. The minimum Gasteiger partial charge on any atom is -0.496 e. The Morgan fingerprint density at radius 1 is 1.07 bits per heavy atom. The number of anilines is 4. The average molecular weight is 396 g/mol. The zero-order chi connectivity index (χ0) is 20.2. The molecule has 10 heteroatoms. The summed E-state index contributed by atoms with van der Waals surface area (Å²) in [6, 6.07) is 5.69. The van der Waals surface area contributed by atoms with Gasteiger partial charge in [0.2, 0.25) is 17.8 Å². The highest BCUT2D eigenvalue weighted by Gasteiger charge is 2.19. The molecule has 0 atom stereocenters. The van der Waals surface area contributed by atoms with Crippen molar-refractivity contribution in [2.24, 2.45) is 0 Å². The number of nitrogens with one attached hydrogen (secondary N) is 2. The molecule has 1 aliphatic rings. The van der Waals surface area contributed by atoms with E-state index in [1.807, 2.05) is 18.2 Å². The summed E-state index contributed by atoms with van der Waals surface area (Å²) < 4.78 is 10.9. The second-order valence-electron chi connectivity index (χ2n) is 6.73. The first-order valence-electron chi connectivity index (χ1n) is 9.37. The molecule has 1 fully saturated rings. The predicted octanol–water partition coefficient (Wildman–Crippen LogP) is 2.07. The topological polar surface area (TPSA) is 104 Å². The van der Waals surface area contributed by atoms with Crippen LogP contribution >= 0.6 is 0 Å².